The van der Waals surface area contributed by atoms with Crippen molar-refractivity contribution in [3.05, 3.63) is 50.9 Å². The van der Waals surface area contributed by atoms with Crippen molar-refractivity contribution in [1.82, 2.24) is 24.3 Å². The molecule has 0 radical (unpaired) electrons. The molecule has 0 spiro atoms. The standard InChI is InChI=1S/C18H21N5OS/c24-16-10-12(19-18-23(16)8-9-25-18)11-22-7-3-6-15(22)17-20-13-4-1-2-5-14(13)21-17/h8-10,15H,1-7,11H2,(H,20,21)/t15-/m0/s1. The molecule has 0 unspecified atom stereocenters. The highest BCUT2D eigenvalue weighted by atomic mass is 32.1. The van der Waals surface area contributed by atoms with Crippen LogP contribution < -0.4 is 5.56 Å². The number of hydrogen-bond donors (Lipinski definition) is 1. The summed E-state index contributed by atoms with van der Waals surface area (Å²) >= 11 is 1.50. The SMILES string of the molecule is O=c1cc(CN2CCC[C@H]2c2nc3c([nH]2)CCCC3)nc2sccn12. The number of fused-ring (bicyclic) bond motifs is 2. The number of likely N-dealkylation sites (tertiary alicyclic amines) is 1. The molecule has 7 heteroatoms. The molecule has 2 aliphatic rings. The Hall–Kier alpha value is -1.99. The van der Waals surface area contributed by atoms with Crippen molar-refractivity contribution in [2.24, 2.45) is 0 Å². The molecule has 5 rings (SSSR count). The largest absolute Gasteiger partial charge is 0.344 e. The number of nitrogens with zero attached hydrogens (tertiary/aromatic N) is 4. The fourth-order valence-corrected chi connectivity index (χ4v) is 4.87. The number of H-pyrrole nitrogens is 1. The van der Waals surface area contributed by atoms with Gasteiger partial charge in [-0.05, 0) is 45.1 Å². The Morgan fingerprint density at radius 3 is 3.08 bits per heavy atom. The molecule has 1 fully saturated rings. The molecule has 130 valence electrons. The van der Waals surface area contributed by atoms with E-state index in [9.17, 15) is 4.79 Å². The summed E-state index contributed by atoms with van der Waals surface area (Å²) in [7, 11) is 0. The average molecular weight is 355 g/mol. The Bertz CT molecular complexity index is 948. The van der Waals surface area contributed by atoms with E-state index >= 15 is 0 Å². The minimum atomic E-state index is 0.00506. The van der Waals surface area contributed by atoms with Gasteiger partial charge in [0.2, 0.25) is 0 Å². The molecule has 25 heavy (non-hydrogen) atoms. The summed E-state index contributed by atoms with van der Waals surface area (Å²) in [6.07, 6.45) is 8.81. The van der Waals surface area contributed by atoms with Crippen LogP contribution in [0, 0.1) is 0 Å². The number of imidazole rings is 1. The van der Waals surface area contributed by atoms with Crippen molar-refractivity contribution in [2.75, 3.05) is 6.54 Å². The number of aromatic amines is 1. The zero-order chi connectivity index (χ0) is 16.8. The summed E-state index contributed by atoms with van der Waals surface area (Å²) < 4.78 is 1.61. The van der Waals surface area contributed by atoms with Crippen molar-refractivity contribution >= 4 is 16.3 Å². The van der Waals surface area contributed by atoms with E-state index in [1.807, 2.05) is 5.38 Å². The van der Waals surface area contributed by atoms with Gasteiger partial charge in [-0.3, -0.25) is 14.1 Å². The van der Waals surface area contributed by atoms with Crippen LogP contribution in [-0.2, 0) is 19.4 Å². The second kappa shape index (κ2) is 6.07. The molecule has 1 atom stereocenters. The van der Waals surface area contributed by atoms with Crippen molar-refractivity contribution in [3.63, 3.8) is 0 Å². The second-order valence-electron chi connectivity index (χ2n) is 7.02. The van der Waals surface area contributed by atoms with Crippen LogP contribution in [0.4, 0.5) is 0 Å². The molecule has 1 aliphatic heterocycles. The average Bonchev–Trinajstić information content (AvgIpc) is 3.33. The van der Waals surface area contributed by atoms with E-state index in [-0.39, 0.29) is 5.56 Å². The fraction of sp³-hybridized carbons (Fsp3) is 0.500. The quantitative estimate of drug-likeness (QED) is 0.784. The number of thiazole rings is 1. The van der Waals surface area contributed by atoms with Gasteiger partial charge >= 0.3 is 0 Å². The lowest BCUT2D eigenvalue weighted by atomic mass is 10.0. The molecular weight excluding hydrogens is 334 g/mol. The van der Waals surface area contributed by atoms with Gasteiger partial charge in [-0.2, -0.15) is 0 Å². The van der Waals surface area contributed by atoms with Crippen molar-refractivity contribution in [2.45, 2.75) is 51.1 Å². The van der Waals surface area contributed by atoms with E-state index in [4.69, 9.17) is 4.98 Å². The first-order valence-corrected chi connectivity index (χ1v) is 9.93. The Balaban J connectivity index is 1.42. The van der Waals surface area contributed by atoms with Crippen molar-refractivity contribution in [3.8, 4) is 0 Å². The molecule has 1 aliphatic carbocycles. The zero-order valence-corrected chi connectivity index (χ0v) is 14.9. The monoisotopic (exact) mass is 355 g/mol. The van der Waals surface area contributed by atoms with Gasteiger partial charge in [-0.1, -0.05) is 0 Å². The summed E-state index contributed by atoms with van der Waals surface area (Å²) in [4.78, 5) is 28.5. The number of aryl methyl sites for hydroxylation is 2. The van der Waals surface area contributed by atoms with Crippen LogP contribution >= 0.6 is 11.3 Å². The molecule has 3 aromatic heterocycles. The van der Waals surface area contributed by atoms with Crippen LogP contribution in [0.25, 0.3) is 4.96 Å². The van der Waals surface area contributed by atoms with E-state index in [1.165, 1.54) is 35.6 Å². The third-order valence-corrected chi connectivity index (χ3v) is 6.13. The molecule has 0 amide bonds. The van der Waals surface area contributed by atoms with Crippen molar-refractivity contribution < 1.29 is 0 Å². The van der Waals surface area contributed by atoms with E-state index in [1.54, 1.807) is 16.7 Å². The predicted molar refractivity (Wildman–Crippen MR) is 97.0 cm³/mol. The van der Waals surface area contributed by atoms with Crippen LogP contribution in [0.5, 0.6) is 0 Å². The third-order valence-electron chi connectivity index (χ3n) is 5.37. The van der Waals surface area contributed by atoms with Gasteiger partial charge < -0.3 is 4.98 Å². The molecule has 1 saturated heterocycles. The van der Waals surface area contributed by atoms with Gasteiger partial charge in [-0.15, -0.1) is 11.3 Å². The second-order valence-corrected chi connectivity index (χ2v) is 7.90. The van der Waals surface area contributed by atoms with Gasteiger partial charge in [0.1, 0.15) is 5.82 Å². The van der Waals surface area contributed by atoms with Gasteiger partial charge in [0.15, 0.2) is 4.96 Å². The summed E-state index contributed by atoms with van der Waals surface area (Å²) in [5, 5.41) is 1.90. The molecule has 3 aromatic rings. The maximum absolute atomic E-state index is 12.2. The highest BCUT2D eigenvalue weighted by Gasteiger charge is 2.30. The summed E-state index contributed by atoms with van der Waals surface area (Å²) in [5.74, 6) is 1.11. The number of hydrogen-bond acceptors (Lipinski definition) is 5. The highest BCUT2D eigenvalue weighted by Crippen LogP contribution is 2.33. The smallest absolute Gasteiger partial charge is 0.258 e. The first kappa shape index (κ1) is 15.3. The molecular formula is C18H21N5OS. The molecule has 0 aromatic carbocycles. The van der Waals surface area contributed by atoms with Crippen LogP contribution in [0.3, 0.4) is 0 Å². The maximum Gasteiger partial charge on any atom is 0.258 e. The molecule has 6 nitrogen and oxygen atoms in total. The minimum absolute atomic E-state index is 0.00506. The van der Waals surface area contributed by atoms with Gasteiger partial charge in [-0.25, -0.2) is 9.97 Å². The highest BCUT2D eigenvalue weighted by molar-refractivity contribution is 7.15. The Labute approximate surface area is 149 Å². The lowest BCUT2D eigenvalue weighted by Crippen LogP contribution is -2.25. The van der Waals surface area contributed by atoms with Gasteiger partial charge in [0.05, 0.1) is 17.4 Å². The summed E-state index contributed by atoms with van der Waals surface area (Å²) in [5.41, 5.74) is 3.47. The first-order valence-electron chi connectivity index (χ1n) is 9.05. The Morgan fingerprint density at radius 1 is 1.24 bits per heavy atom. The molecule has 4 heterocycles. The summed E-state index contributed by atoms with van der Waals surface area (Å²) in [6, 6.07) is 1.98. The Morgan fingerprint density at radius 2 is 2.16 bits per heavy atom. The zero-order valence-electron chi connectivity index (χ0n) is 14.1. The summed E-state index contributed by atoms with van der Waals surface area (Å²) in [6.45, 7) is 1.74. The first-order chi connectivity index (χ1) is 12.3. The molecule has 1 N–H and O–H groups in total. The van der Waals surface area contributed by atoms with E-state index in [2.05, 4.69) is 14.9 Å². The van der Waals surface area contributed by atoms with E-state index < -0.39 is 0 Å². The lowest BCUT2D eigenvalue weighted by molar-refractivity contribution is 0.238. The number of rotatable bonds is 3. The topological polar surface area (TPSA) is 66.3 Å². The fourth-order valence-electron chi connectivity index (χ4n) is 4.14. The molecule has 0 bridgehead atoms. The van der Waals surface area contributed by atoms with Crippen LogP contribution in [0.1, 0.15) is 54.6 Å². The Kier molecular flexibility index (Phi) is 3.71. The van der Waals surface area contributed by atoms with Gasteiger partial charge in [0.25, 0.3) is 5.56 Å². The van der Waals surface area contributed by atoms with Gasteiger partial charge in [0, 0.05) is 29.9 Å². The van der Waals surface area contributed by atoms with Crippen molar-refractivity contribution in [1.29, 1.82) is 0 Å². The minimum Gasteiger partial charge on any atom is -0.344 e. The van der Waals surface area contributed by atoms with Crippen LogP contribution in [0.15, 0.2) is 22.4 Å². The third kappa shape index (κ3) is 2.71. The molecule has 0 saturated carbocycles. The normalized spacial score (nSPS) is 21.0. The number of aromatic nitrogens is 4. The van der Waals surface area contributed by atoms with Crippen LogP contribution in [0.2, 0.25) is 0 Å². The maximum atomic E-state index is 12.2. The van der Waals surface area contributed by atoms with E-state index in [0.717, 1.165) is 48.7 Å². The van der Waals surface area contributed by atoms with Crippen LogP contribution in [-0.4, -0.2) is 30.8 Å². The van der Waals surface area contributed by atoms with E-state index in [0.29, 0.717) is 12.6 Å². The predicted octanol–water partition coefficient (Wildman–Crippen LogP) is 2.70. The number of nitrogens with one attached hydrogen (secondary N) is 1. The lowest BCUT2D eigenvalue weighted by Gasteiger charge is -2.22.